The summed E-state index contributed by atoms with van der Waals surface area (Å²) in [5.74, 6) is 1.25. The largest absolute Gasteiger partial charge is 0.275 e. The van der Waals surface area contributed by atoms with Crippen LogP contribution in [0, 0.1) is 6.92 Å². The van der Waals surface area contributed by atoms with E-state index in [1.54, 1.807) is 20.7 Å². The van der Waals surface area contributed by atoms with Crippen LogP contribution >= 0.6 is 11.3 Å². The molecule has 1 aromatic carbocycles. The van der Waals surface area contributed by atoms with Crippen molar-refractivity contribution in [2.75, 3.05) is 6.67 Å². The van der Waals surface area contributed by atoms with Crippen molar-refractivity contribution in [3.05, 3.63) is 58.3 Å². The van der Waals surface area contributed by atoms with E-state index in [4.69, 9.17) is 0 Å². The average molecular weight is 382 g/mol. The number of hydrogen-bond acceptors (Lipinski definition) is 5. The van der Waals surface area contributed by atoms with Gasteiger partial charge in [-0.25, -0.2) is 19.0 Å². The Morgan fingerprint density at radius 3 is 2.48 bits per heavy atom. The first kappa shape index (κ1) is 17.5. The summed E-state index contributed by atoms with van der Waals surface area (Å²) in [4.78, 5) is 9.10. The Morgan fingerprint density at radius 1 is 1.04 bits per heavy atom. The molecular weight excluding hydrogens is 363 g/mol. The van der Waals surface area contributed by atoms with E-state index in [0.29, 0.717) is 17.9 Å². The summed E-state index contributed by atoms with van der Waals surface area (Å²) in [5, 5.41) is 11.9. The Kier molecular flexibility index (Phi) is 4.81. The minimum atomic E-state index is -0.486. The smallest absolute Gasteiger partial charge is 0.201 e. The van der Waals surface area contributed by atoms with Crippen LogP contribution in [0.15, 0.2) is 41.9 Å². The van der Waals surface area contributed by atoms with E-state index in [-0.39, 0.29) is 6.54 Å². The van der Waals surface area contributed by atoms with Crippen LogP contribution in [-0.4, -0.2) is 36.2 Å². The Balaban J connectivity index is 1.58. The van der Waals surface area contributed by atoms with Crippen molar-refractivity contribution < 1.29 is 4.39 Å². The molecule has 4 aromatic rings. The average Bonchev–Trinajstić information content (AvgIpc) is 3.37. The zero-order valence-corrected chi connectivity index (χ0v) is 15.9. The third-order valence-electron chi connectivity index (χ3n) is 4.22. The standard InChI is InChI=1S/C19H19FN6S/c1-13-21-17(12-27-13)15-5-3-14(4-6-15)11-18-22-19(24-26(18)10-8-20)16-7-9-25(2)23-16/h3-7,9,12H,8,10-11H2,1-2H3. The number of thiazole rings is 1. The van der Waals surface area contributed by atoms with Gasteiger partial charge in [-0.15, -0.1) is 16.4 Å². The molecule has 0 bridgehead atoms. The number of alkyl halides is 1. The highest BCUT2D eigenvalue weighted by Gasteiger charge is 2.14. The first-order chi connectivity index (χ1) is 13.1. The molecule has 6 nitrogen and oxygen atoms in total. The second-order valence-corrected chi connectivity index (χ2v) is 7.33. The van der Waals surface area contributed by atoms with Gasteiger partial charge in [0.05, 0.1) is 17.2 Å². The minimum Gasteiger partial charge on any atom is -0.275 e. The highest BCUT2D eigenvalue weighted by Crippen LogP contribution is 2.23. The summed E-state index contributed by atoms with van der Waals surface area (Å²) in [5.41, 5.74) is 3.85. The molecule has 0 saturated carbocycles. The fourth-order valence-electron chi connectivity index (χ4n) is 2.88. The SMILES string of the molecule is Cc1nc(-c2ccc(Cc3nc(-c4ccn(C)n4)nn3CCF)cc2)cs1. The molecular formula is C19H19FN6S. The van der Waals surface area contributed by atoms with Gasteiger partial charge >= 0.3 is 0 Å². The van der Waals surface area contributed by atoms with Crippen LogP contribution in [0.5, 0.6) is 0 Å². The van der Waals surface area contributed by atoms with Gasteiger partial charge in [0.1, 0.15) is 18.2 Å². The highest BCUT2D eigenvalue weighted by atomic mass is 32.1. The molecule has 0 N–H and O–H groups in total. The second-order valence-electron chi connectivity index (χ2n) is 6.26. The van der Waals surface area contributed by atoms with E-state index in [9.17, 15) is 4.39 Å². The van der Waals surface area contributed by atoms with Gasteiger partial charge in [0, 0.05) is 30.6 Å². The molecule has 0 radical (unpaired) electrons. The summed E-state index contributed by atoms with van der Waals surface area (Å²) in [6, 6.07) is 10.1. The molecule has 8 heteroatoms. The number of hydrogen-bond donors (Lipinski definition) is 0. The quantitative estimate of drug-likeness (QED) is 0.510. The predicted molar refractivity (Wildman–Crippen MR) is 103 cm³/mol. The maximum atomic E-state index is 12.9. The van der Waals surface area contributed by atoms with E-state index in [2.05, 4.69) is 49.8 Å². The predicted octanol–water partition coefficient (Wildman–Crippen LogP) is 3.67. The molecule has 3 aromatic heterocycles. The summed E-state index contributed by atoms with van der Waals surface area (Å²) in [6.45, 7) is 1.70. The lowest BCUT2D eigenvalue weighted by atomic mass is 10.1. The van der Waals surface area contributed by atoms with Gasteiger partial charge in [-0.3, -0.25) is 4.68 Å². The van der Waals surface area contributed by atoms with Gasteiger partial charge < -0.3 is 0 Å². The Bertz CT molecular complexity index is 1050. The van der Waals surface area contributed by atoms with Crippen molar-refractivity contribution in [1.29, 1.82) is 0 Å². The molecule has 0 aliphatic carbocycles. The molecule has 0 spiro atoms. The van der Waals surface area contributed by atoms with Crippen molar-refractivity contribution >= 4 is 11.3 Å². The van der Waals surface area contributed by atoms with Gasteiger partial charge in [0.2, 0.25) is 5.82 Å². The third kappa shape index (κ3) is 3.80. The molecule has 3 heterocycles. The minimum absolute atomic E-state index is 0.186. The monoisotopic (exact) mass is 382 g/mol. The van der Waals surface area contributed by atoms with Gasteiger partial charge in [0.15, 0.2) is 0 Å². The van der Waals surface area contributed by atoms with Crippen molar-refractivity contribution in [2.24, 2.45) is 7.05 Å². The lowest BCUT2D eigenvalue weighted by Gasteiger charge is -2.04. The van der Waals surface area contributed by atoms with Crippen LogP contribution in [0.3, 0.4) is 0 Å². The van der Waals surface area contributed by atoms with Crippen LogP contribution in [0.25, 0.3) is 22.8 Å². The number of rotatable bonds is 6. The van der Waals surface area contributed by atoms with Crippen LogP contribution in [0.1, 0.15) is 16.4 Å². The summed E-state index contributed by atoms with van der Waals surface area (Å²) in [7, 11) is 1.84. The van der Waals surface area contributed by atoms with Crippen LogP contribution < -0.4 is 0 Å². The molecule has 0 fully saturated rings. The van der Waals surface area contributed by atoms with Crippen molar-refractivity contribution in [3.63, 3.8) is 0 Å². The zero-order valence-electron chi connectivity index (χ0n) is 15.1. The molecule has 0 aliphatic heterocycles. The molecule has 0 unspecified atom stereocenters. The van der Waals surface area contributed by atoms with E-state index >= 15 is 0 Å². The van der Waals surface area contributed by atoms with Crippen LogP contribution in [0.4, 0.5) is 4.39 Å². The second kappa shape index (κ2) is 7.40. The first-order valence-corrected chi connectivity index (χ1v) is 9.51. The molecule has 0 aliphatic rings. The summed E-state index contributed by atoms with van der Waals surface area (Å²) >= 11 is 1.64. The number of benzene rings is 1. The van der Waals surface area contributed by atoms with Crippen molar-refractivity contribution in [2.45, 2.75) is 19.9 Å². The van der Waals surface area contributed by atoms with Crippen LogP contribution in [-0.2, 0) is 20.0 Å². The van der Waals surface area contributed by atoms with E-state index in [1.165, 1.54) is 0 Å². The number of aromatic nitrogens is 6. The molecule has 0 amide bonds. The Hall–Kier alpha value is -2.87. The maximum Gasteiger partial charge on any atom is 0.201 e. The third-order valence-corrected chi connectivity index (χ3v) is 4.99. The zero-order chi connectivity index (χ0) is 18.8. The maximum absolute atomic E-state index is 12.9. The lowest BCUT2D eigenvalue weighted by molar-refractivity contribution is 0.420. The van der Waals surface area contributed by atoms with Gasteiger partial charge in [-0.2, -0.15) is 5.10 Å². The van der Waals surface area contributed by atoms with Gasteiger partial charge in [-0.1, -0.05) is 24.3 Å². The lowest BCUT2D eigenvalue weighted by Crippen LogP contribution is -2.07. The molecule has 138 valence electrons. The number of halogens is 1. The molecule has 27 heavy (non-hydrogen) atoms. The van der Waals surface area contributed by atoms with Gasteiger partial charge in [0.25, 0.3) is 0 Å². The van der Waals surface area contributed by atoms with E-state index < -0.39 is 6.67 Å². The van der Waals surface area contributed by atoms with E-state index in [1.807, 2.05) is 26.2 Å². The first-order valence-electron chi connectivity index (χ1n) is 8.63. The topological polar surface area (TPSA) is 61.4 Å². The van der Waals surface area contributed by atoms with Gasteiger partial charge in [-0.05, 0) is 18.6 Å². The normalized spacial score (nSPS) is 11.2. The molecule has 4 rings (SSSR count). The number of aryl methyl sites for hydroxylation is 3. The summed E-state index contributed by atoms with van der Waals surface area (Å²) < 4.78 is 16.3. The fraction of sp³-hybridized carbons (Fsp3) is 0.263. The fourth-order valence-corrected chi connectivity index (χ4v) is 3.50. The molecule has 0 atom stereocenters. The Labute approximate surface area is 160 Å². The Morgan fingerprint density at radius 2 is 1.85 bits per heavy atom. The molecule has 0 saturated heterocycles. The highest BCUT2D eigenvalue weighted by molar-refractivity contribution is 7.09. The van der Waals surface area contributed by atoms with E-state index in [0.717, 1.165) is 27.7 Å². The van der Waals surface area contributed by atoms with Crippen LogP contribution in [0.2, 0.25) is 0 Å². The number of nitrogens with zero attached hydrogens (tertiary/aromatic N) is 6. The van der Waals surface area contributed by atoms with Crippen molar-refractivity contribution in [1.82, 2.24) is 29.5 Å². The van der Waals surface area contributed by atoms with Crippen molar-refractivity contribution in [3.8, 4) is 22.8 Å². The summed E-state index contributed by atoms with van der Waals surface area (Å²) in [6.07, 6.45) is 2.42.